The lowest BCUT2D eigenvalue weighted by Crippen LogP contribution is -2.31. The Morgan fingerprint density at radius 3 is 2.08 bits per heavy atom. The predicted molar refractivity (Wildman–Crippen MR) is 52.2 cm³/mol. The molecule has 0 unspecified atom stereocenters. The van der Waals surface area contributed by atoms with Crippen molar-refractivity contribution in [3.63, 3.8) is 0 Å². The topological polar surface area (TPSA) is 9.23 Å². The molecule has 0 aromatic rings. The highest BCUT2D eigenvalue weighted by atomic mass is 16.5. The summed E-state index contributed by atoms with van der Waals surface area (Å²) in [6, 6.07) is 0. The highest BCUT2D eigenvalue weighted by molar-refractivity contribution is 4.81. The van der Waals surface area contributed by atoms with Gasteiger partial charge in [-0.2, -0.15) is 0 Å². The third-order valence-electron chi connectivity index (χ3n) is 3.82. The molecule has 1 rings (SSSR count). The van der Waals surface area contributed by atoms with Gasteiger partial charge in [0.05, 0.1) is 0 Å². The van der Waals surface area contributed by atoms with Crippen molar-refractivity contribution in [3.8, 4) is 0 Å². The van der Waals surface area contributed by atoms with E-state index in [9.17, 15) is 0 Å². The Bertz CT molecular complexity index is 121. The molecular weight excluding hydrogens is 148 g/mol. The highest BCUT2D eigenvalue weighted by Gasteiger charge is 2.31. The van der Waals surface area contributed by atoms with Crippen molar-refractivity contribution >= 4 is 0 Å². The first-order valence-electron chi connectivity index (χ1n) is 5.30. The Morgan fingerprint density at radius 2 is 1.67 bits per heavy atom. The van der Waals surface area contributed by atoms with E-state index in [2.05, 4.69) is 20.8 Å². The van der Waals surface area contributed by atoms with Crippen LogP contribution in [0.4, 0.5) is 0 Å². The number of rotatable bonds is 3. The van der Waals surface area contributed by atoms with E-state index in [1.54, 1.807) is 0 Å². The third-order valence-corrected chi connectivity index (χ3v) is 3.82. The summed E-state index contributed by atoms with van der Waals surface area (Å²) in [5.74, 6) is 0.904. The van der Waals surface area contributed by atoms with Crippen LogP contribution >= 0.6 is 0 Å². The zero-order valence-electron chi connectivity index (χ0n) is 8.73. The maximum Gasteiger partial charge on any atom is 0.0468 e. The van der Waals surface area contributed by atoms with Gasteiger partial charge in [0.1, 0.15) is 0 Å². The average Bonchev–Trinajstić information content (AvgIpc) is 2.18. The molecule has 1 heteroatoms. The molecule has 1 saturated heterocycles. The fraction of sp³-hybridized carbons (Fsp3) is 1.00. The molecule has 0 aliphatic carbocycles. The lowest BCUT2D eigenvalue weighted by Gasteiger charge is -2.38. The molecule has 0 saturated carbocycles. The van der Waals surface area contributed by atoms with Gasteiger partial charge in [-0.1, -0.05) is 33.6 Å². The van der Waals surface area contributed by atoms with Crippen LogP contribution in [-0.4, -0.2) is 13.2 Å². The van der Waals surface area contributed by atoms with Gasteiger partial charge in [-0.3, -0.25) is 0 Å². The summed E-state index contributed by atoms with van der Waals surface area (Å²) in [6.45, 7) is 9.04. The van der Waals surface area contributed by atoms with Crippen molar-refractivity contribution in [1.82, 2.24) is 0 Å². The first-order chi connectivity index (χ1) is 5.73. The lowest BCUT2D eigenvalue weighted by atomic mass is 9.70. The first-order valence-corrected chi connectivity index (χ1v) is 5.30. The standard InChI is InChI=1S/C11H22O/c1-4-11(3,5-2)10-6-8-12-9-7-10/h10H,4-9H2,1-3H3. The molecule has 0 radical (unpaired) electrons. The Hall–Kier alpha value is -0.0400. The predicted octanol–water partition coefficient (Wildman–Crippen LogP) is 3.24. The summed E-state index contributed by atoms with van der Waals surface area (Å²) in [7, 11) is 0. The SMILES string of the molecule is CCC(C)(CC)C1CCOCC1. The van der Waals surface area contributed by atoms with Crippen LogP contribution in [0.5, 0.6) is 0 Å². The quantitative estimate of drug-likeness (QED) is 0.632. The Balaban J connectivity index is 2.51. The van der Waals surface area contributed by atoms with E-state index < -0.39 is 0 Å². The molecule has 0 spiro atoms. The Morgan fingerprint density at radius 1 is 1.17 bits per heavy atom. The Kier molecular flexibility index (Phi) is 3.57. The molecular formula is C11H22O. The average molecular weight is 170 g/mol. The van der Waals surface area contributed by atoms with Crippen LogP contribution in [0.3, 0.4) is 0 Å². The number of hydrogen-bond acceptors (Lipinski definition) is 1. The van der Waals surface area contributed by atoms with Gasteiger partial charge < -0.3 is 4.74 Å². The van der Waals surface area contributed by atoms with Crippen LogP contribution in [0.2, 0.25) is 0 Å². The lowest BCUT2D eigenvalue weighted by molar-refractivity contribution is 0.0130. The minimum atomic E-state index is 0.573. The molecule has 0 N–H and O–H groups in total. The second-order valence-corrected chi connectivity index (χ2v) is 4.25. The zero-order valence-corrected chi connectivity index (χ0v) is 8.73. The molecule has 0 atom stereocenters. The second-order valence-electron chi connectivity index (χ2n) is 4.25. The summed E-state index contributed by atoms with van der Waals surface area (Å²) in [5, 5.41) is 0. The maximum atomic E-state index is 5.38. The minimum Gasteiger partial charge on any atom is -0.381 e. The Labute approximate surface area is 76.5 Å². The van der Waals surface area contributed by atoms with Crippen molar-refractivity contribution in [2.45, 2.75) is 46.5 Å². The molecule has 0 amide bonds. The smallest absolute Gasteiger partial charge is 0.0468 e. The summed E-state index contributed by atoms with van der Waals surface area (Å²) in [6.07, 6.45) is 5.18. The molecule has 0 aromatic heterocycles. The van der Waals surface area contributed by atoms with Gasteiger partial charge in [0.15, 0.2) is 0 Å². The third kappa shape index (κ3) is 2.01. The van der Waals surface area contributed by atoms with Crippen molar-refractivity contribution in [2.24, 2.45) is 11.3 Å². The van der Waals surface area contributed by atoms with Crippen LogP contribution < -0.4 is 0 Å². The maximum absolute atomic E-state index is 5.38. The molecule has 1 fully saturated rings. The van der Waals surface area contributed by atoms with E-state index in [0.717, 1.165) is 19.1 Å². The molecule has 0 bridgehead atoms. The van der Waals surface area contributed by atoms with Gasteiger partial charge in [-0.05, 0) is 24.2 Å². The van der Waals surface area contributed by atoms with Gasteiger partial charge in [0.25, 0.3) is 0 Å². The van der Waals surface area contributed by atoms with Gasteiger partial charge in [0.2, 0.25) is 0 Å². The van der Waals surface area contributed by atoms with E-state index in [0.29, 0.717) is 5.41 Å². The van der Waals surface area contributed by atoms with Crippen molar-refractivity contribution in [3.05, 3.63) is 0 Å². The van der Waals surface area contributed by atoms with Gasteiger partial charge in [-0.25, -0.2) is 0 Å². The summed E-state index contributed by atoms with van der Waals surface area (Å²) >= 11 is 0. The van der Waals surface area contributed by atoms with Crippen LogP contribution in [0.15, 0.2) is 0 Å². The summed E-state index contributed by atoms with van der Waals surface area (Å²) < 4.78 is 5.38. The van der Waals surface area contributed by atoms with E-state index in [-0.39, 0.29) is 0 Å². The summed E-state index contributed by atoms with van der Waals surface area (Å²) in [4.78, 5) is 0. The molecule has 72 valence electrons. The van der Waals surface area contributed by atoms with Crippen molar-refractivity contribution in [2.75, 3.05) is 13.2 Å². The highest BCUT2D eigenvalue weighted by Crippen LogP contribution is 2.40. The van der Waals surface area contributed by atoms with Gasteiger partial charge in [-0.15, -0.1) is 0 Å². The largest absolute Gasteiger partial charge is 0.381 e. The number of ether oxygens (including phenoxy) is 1. The number of hydrogen-bond donors (Lipinski definition) is 0. The first kappa shape index (κ1) is 10.0. The fourth-order valence-corrected chi connectivity index (χ4v) is 2.22. The van der Waals surface area contributed by atoms with Gasteiger partial charge >= 0.3 is 0 Å². The van der Waals surface area contributed by atoms with E-state index in [1.807, 2.05) is 0 Å². The zero-order chi connectivity index (χ0) is 9.03. The fourth-order valence-electron chi connectivity index (χ4n) is 2.22. The minimum absolute atomic E-state index is 0.573. The summed E-state index contributed by atoms with van der Waals surface area (Å²) in [5.41, 5.74) is 0.573. The molecule has 1 nitrogen and oxygen atoms in total. The van der Waals surface area contributed by atoms with Crippen LogP contribution in [0, 0.1) is 11.3 Å². The van der Waals surface area contributed by atoms with Crippen LogP contribution in [0.1, 0.15) is 46.5 Å². The second kappa shape index (κ2) is 4.27. The van der Waals surface area contributed by atoms with Crippen LogP contribution in [0.25, 0.3) is 0 Å². The molecule has 1 aliphatic heterocycles. The monoisotopic (exact) mass is 170 g/mol. The van der Waals surface area contributed by atoms with E-state index >= 15 is 0 Å². The van der Waals surface area contributed by atoms with Crippen LogP contribution in [-0.2, 0) is 4.74 Å². The molecule has 0 aromatic carbocycles. The van der Waals surface area contributed by atoms with E-state index in [1.165, 1.54) is 25.7 Å². The van der Waals surface area contributed by atoms with E-state index in [4.69, 9.17) is 4.74 Å². The van der Waals surface area contributed by atoms with Gasteiger partial charge in [0, 0.05) is 13.2 Å². The van der Waals surface area contributed by atoms with Crippen molar-refractivity contribution < 1.29 is 4.74 Å². The molecule has 1 aliphatic rings. The molecule has 1 heterocycles. The normalized spacial score (nSPS) is 21.2. The molecule has 12 heavy (non-hydrogen) atoms. The van der Waals surface area contributed by atoms with Crippen molar-refractivity contribution in [1.29, 1.82) is 0 Å².